The molecule has 1 saturated carbocycles. The highest BCUT2D eigenvalue weighted by molar-refractivity contribution is 9.10. The van der Waals surface area contributed by atoms with Crippen molar-refractivity contribution in [3.8, 4) is 0 Å². The van der Waals surface area contributed by atoms with Gasteiger partial charge in [-0.25, -0.2) is 4.79 Å². The third-order valence-corrected chi connectivity index (χ3v) is 4.75. The highest BCUT2D eigenvalue weighted by atomic mass is 79.9. The van der Waals surface area contributed by atoms with Crippen LogP contribution < -0.4 is 5.32 Å². The number of nitrogens with zero attached hydrogens (tertiary/aromatic N) is 1. The van der Waals surface area contributed by atoms with E-state index in [0.29, 0.717) is 11.6 Å². The number of carbonyl (C=O) groups excluding carboxylic acids is 1. The lowest BCUT2D eigenvalue weighted by molar-refractivity contribution is -0.137. The molecule has 0 bridgehead atoms. The molecule has 0 aliphatic heterocycles. The van der Waals surface area contributed by atoms with Gasteiger partial charge in [0.2, 0.25) is 0 Å². The molecule has 1 aliphatic rings. The van der Waals surface area contributed by atoms with Gasteiger partial charge in [0, 0.05) is 35.0 Å². The molecule has 0 saturated heterocycles. The lowest BCUT2D eigenvalue weighted by atomic mass is 9.96. The summed E-state index contributed by atoms with van der Waals surface area (Å²) in [6.07, 6.45) is 1.90. The number of urea groups is 1. The smallest absolute Gasteiger partial charge is 0.317 e. The Morgan fingerprint density at radius 2 is 2.14 bits per heavy atom. The van der Waals surface area contributed by atoms with Gasteiger partial charge < -0.3 is 15.3 Å². The predicted molar refractivity (Wildman–Crippen MR) is 88.3 cm³/mol. The van der Waals surface area contributed by atoms with Crippen molar-refractivity contribution < 1.29 is 14.7 Å². The maximum Gasteiger partial charge on any atom is 0.317 e. The van der Waals surface area contributed by atoms with Crippen LogP contribution in [0.1, 0.15) is 24.8 Å². The molecule has 22 heavy (non-hydrogen) atoms. The number of halogens is 2. The van der Waals surface area contributed by atoms with Crippen molar-refractivity contribution in [2.24, 2.45) is 0 Å². The topological polar surface area (TPSA) is 69.6 Å². The second kappa shape index (κ2) is 6.87. The van der Waals surface area contributed by atoms with Gasteiger partial charge in [-0.05, 0) is 30.5 Å². The Bertz CT molecular complexity index is 590. The Morgan fingerprint density at radius 1 is 1.45 bits per heavy atom. The Morgan fingerprint density at radius 3 is 2.68 bits per heavy atom. The largest absolute Gasteiger partial charge is 0.481 e. The molecule has 0 unspecified atom stereocenters. The van der Waals surface area contributed by atoms with E-state index in [1.54, 1.807) is 7.05 Å². The Hall–Kier alpha value is -1.27. The van der Waals surface area contributed by atoms with E-state index in [-0.39, 0.29) is 24.4 Å². The van der Waals surface area contributed by atoms with Gasteiger partial charge in [-0.1, -0.05) is 33.6 Å². The lowest BCUT2D eigenvalue weighted by Gasteiger charge is -2.22. The number of nitrogens with one attached hydrogen (secondary N) is 1. The molecule has 1 aliphatic carbocycles. The number of carbonyl (C=O) groups is 2. The van der Waals surface area contributed by atoms with Crippen LogP contribution in [-0.2, 0) is 10.2 Å². The van der Waals surface area contributed by atoms with E-state index in [0.717, 1.165) is 22.9 Å². The highest BCUT2D eigenvalue weighted by Crippen LogP contribution is 2.50. The minimum atomic E-state index is -0.917. The van der Waals surface area contributed by atoms with Crippen LogP contribution in [0.5, 0.6) is 0 Å². The molecule has 1 aromatic rings. The van der Waals surface area contributed by atoms with E-state index in [4.69, 9.17) is 16.7 Å². The summed E-state index contributed by atoms with van der Waals surface area (Å²) < 4.78 is 0.925. The number of amides is 2. The third-order valence-electron chi connectivity index (χ3n) is 3.94. The summed E-state index contributed by atoms with van der Waals surface area (Å²) in [7, 11) is 1.59. The minimum absolute atomic E-state index is 0.0619. The summed E-state index contributed by atoms with van der Waals surface area (Å²) in [5.41, 5.74) is 0.951. The summed E-state index contributed by atoms with van der Waals surface area (Å²) in [4.78, 5) is 23.9. The van der Waals surface area contributed by atoms with Gasteiger partial charge in [-0.15, -0.1) is 0 Å². The first-order valence-corrected chi connectivity index (χ1v) is 8.17. The summed E-state index contributed by atoms with van der Waals surface area (Å²) in [5.74, 6) is -0.917. The molecule has 0 radical (unpaired) electrons. The Kier molecular flexibility index (Phi) is 5.34. The van der Waals surface area contributed by atoms with Crippen molar-refractivity contribution in [2.75, 3.05) is 20.1 Å². The average molecular weight is 390 g/mol. The number of carboxylic acid groups (broad SMARTS) is 1. The monoisotopic (exact) mass is 388 g/mol. The van der Waals surface area contributed by atoms with Crippen molar-refractivity contribution in [1.82, 2.24) is 10.2 Å². The predicted octanol–water partition coefficient (Wildman–Crippen LogP) is 3.25. The minimum Gasteiger partial charge on any atom is -0.481 e. The van der Waals surface area contributed by atoms with Crippen molar-refractivity contribution in [3.05, 3.63) is 33.3 Å². The second-order valence-electron chi connectivity index (χ2n) is 5.63. The normalized spacial score (nSPS) is 15.2. The fourth-order valence-electron chi connectivity index (χ4n) is 2.36. The summed E-state index contributed by atoms with van der Waals surface area (Å²) in [6, 6.07) is 5.53. The number of rotatable bonds is 6. The number of benzene rings is 1. The van der Waals surface area contributed by atoms with Gasteiger partial charge in [-0.3, -0.25) is 4.79 Å². The molecule has 0 spiro atoms. The maximum atomic E-state index is 12.0. The van der Waals surface area contributed by atoms with Gasteiger partial charge >= 0.3 is 12.0 Å². The summed E-state index contributed by atoms with van der Waals surface area (Å²) in [5, 5.41) is 12.2. The quantitative estimate of drug-likeness (QED) is 0.784. The summed E-state index contributed by atoms with van der Waals surface area (Å²) in [6.45, 7) is 0.692. The first kappa shape index (κ1) is 17.1. The molecule has 0 heterocycles. The zero-order chi connectivity index (χ0) is 16.3. The molecular weight excluding hydrogens is 372 g/mol. The number of hydrogen-bond acceptors (Lipinski definition) is 2. The van der Waals surface area contributed by atoms with E-state index in [1.165, 1.54) is 4.90 Å². The third kappa shape index (κ3) is 4.14. The van der Waals surface area contributed by atoms with Crippen LogP contribution in [0, 0.1) is 0 Å². The van der Waals surface area contributed by atoms with Crippen LogP contribution in [0.15, 0.2) is 22.7 Å². The van der Waals surface area contributed by atoms with E-state index >= 15 is 0 Å². The van der Waals surface area contributed by atoms with Crippen LogP contribution >= 0.6 is 27.5 Å². The lowest BCUT2D eigenvalue weighted by Crippen LogP contribution is -2.41. The van der Waals surface area contributed by atoms with Gasteiger partial charge in [0.1, 0.15) is 0 Å². The Labute approximate surface area is 142 Å². The van der Waals surface area contributed by atoms with Crippen molar-refractivity contribution in [1.29, 1.82) is 0 Å². The second-order valence-corrected chi connectivity index (χ2v) is 6.95. The van der Waals surface area contributed by atoms with E-state index in [9.17, 15) is 9.59 Å². The van der Waals surface area contributed by atoms with Gasteiger partial charge in [0.25, 0.3) is 0 Å². The first-order chi connectivity index (χ1) is 10.3. The van der Waals surface area contributed by atoms with Gasteiger partial charge in [-0.2, -0.15) is 0 Å². The SMILES string of the molecule is CN(CCC(=O)O)C(=O)NCC1(c2ccc(Br)cc2Cl)CC1. The average Bonchev–Trinajstić information content (AvgIpc) is 3.23. The zero-order valence-corrected chi connectivity index (χ0v) is 14.6. The van der Waals surface area contributed by atoms with Crippen LogP contribution in [0.25, 0.3) is 0 Å². The molecule has 120 valence electrons. The first-order valence-electron chi connectivity index (χ1n) is 7.00. The highest BCUT2D eigenvalue weighted by Gasteiger charge is 2.45. The molecular formula is C15H18BrClN2O3. The molecule has 1 aromatic carbocycles. The van der Waals surface area contributed by atoms with Crippen LogP contribution in [0.3, 0.4) is 0 Å². The van der Waals surface area contributed by atoms with Gasteiger partial charge in [0.15, 0.2) is 0 Å². The molecule has 1 fully saturated rings. The van der Waals surface area contributed by atoms with E-state index < -0.39 is 5.97 Å². The maximum absolute atomic E-state index is 12.0. The number of carboxylic acids is 1. The Balaban J connectivity index is 1.93. The van der Waals surface area contributed by atoms with Crippen LogP contribution in [0.4, 0.5) is 4.79 Å². The van der Waals surface area contributed by atoms with Crippen molar-refractivity contribution in [3.63, 3.8) is 0 Å². The zero-order valence-electron chi connectivity index (χ0n) is 12.2. The molecule has 5 nitrogen and oxygen atoms in total. The number of hydrogen-bond donors (Lipinski definition) is 2. The molecule has 0 aromatic heterocycles. The standard InChI is InChI=1S/C15H18BrClN2O3/c1-19(7-4-13(20)21)14(22)18-9-15(5-6-15)11-3-2-10(16)8-12(11)17/h2-3,8H,4-7,9H2,1H3,(H,18,22)(H,20,21). The molecule has 0 atom stereocenters. The van der Waals surface area contributed by atoms with E-state index in [1.807, 2.05) is 18.2 Å². The summed E-state index contributed by atoms with van der Waals surface area (Å²) >= 11 is 9.68. The van der Waals surface area contributed by atoms with Crippen LogP contribution in [-0.4, -0.2) is 42.1 Å². The van der Waals surface area contributed by atoms with Crippen molar-refractivity contribution in [2.45, 2.75) is 24.7 Å². The van der Waals surface area contributed by atoms with Crippen molar-refractivity contribution >= 4 is 39.5 Å². The molecule has 2 rings (SSSR count). The van der Waals surface area contributed by atoms with E-state index in [2.05, 4.69) is 21.2 Å². The van der Waals surface area contributed by atoms with Gasteiger partial charge in [0.05, 0.1) is 6.42 Å². The van der Waals surface area contributed by atoms with Crippen LogP contribution in [0.2, 0.25) is 5.02 Å². The fraction of sp³-hybridized carbons (Fsp3) is 0.467. The molecule has 2 amide bonds. The molecule has 2 N–H and O–H groups in total. The fourth-order valence-corrected chi connectivity index (χ4v) is 3.23. The molecule has 7 heteroatoms. The number of aliphatic carboxylic acids is 1.